The predicted molar refractivity (Wildman–Crippen MR) is 52.6 cm³/mol. The van der Waals surface area contributed by atoms with E-state index in [9.17, 15) is 13.2 Å². The number of benzene rings is 1. The monoisotopic (exact) mass is 231 g/mol. The zero-order valence-electron chi connectivity index (χ0n) is 8.82. The quantitative estimate of drug-likeness (QED) is 0.798. The molecule has 1 fully saturated rings. The van der Waals surface area contributed by atoms with Crippen LogP contribution in [0.15, 0.2) is 12.1 Å². The molecular weight excluding hydrogens is 219 g/mol. The second kappa shape index (κ2) is 4.07. The van der Waals surface area contributed by atoms with E-state index >= 15 is 0 Å². The SMILES string of the molecule is COC1(Cc2cc(F)c(F)c(F)c2)CNC1. The largest absolute Gasteiger partial charge is 0.375 e. The lowest BCUT2D eigenvalue weighted by atomic mass is 9.89. The van der Waals surface area contributed by atoms with Crippen LogP contribution in [-0.4, -0.2) is 25.8 Å². The van der Waals surface area contributed by atoms with Gasteiger partial charge in [0.1, 0.15) is 0 Å². The number of methoxy groups -OCH3 is 1. The molecule has 1 N–H and O–H groups in total. The summed E-state index contributed by atoms with van der Waals surface area (Å²) in [5, 5.41) is 3.03. The van der Waals surface area contributed by atoms with Gasteiger partial charge in [-0.2, -0.15) is 0 Å². The fourth-order valence-corrected chi connectivity index (χ4v) is 1.83. The summed E-state index contributed by atoms with van der Waals surface area (Å²) in [7, 11) is 1.55. The third-order valence-corrected chi connectivity index (χ3v) is 2.90. The van der Waals surface area contributed by atoms with E-state index in [0.29, 0.717) is 25.1 Å². The van der Waals surface area contributed by atoms with Crippen LogP contribution in [0, 0.1) is 17.5 Å². The third kappa shape index (κ3) is 1.92. The maximum atomic E-state index is 13.0. The molecule has 1 aliphatic rings. The first-order valence-corrected chi connectivity index (χ1v) is 4.96. The van der Waals surface area contributed by atoms with Crippen LogP contribution in [0.2, 0.25) is 0 Å². The molecule has 1 aromatic carbocycles. The van der Waals surface area contributed by atoms with Crippen LogP contribution >= 0.6 is 0 Å². The fraction of sp³-hybridized carbons (Fsp3) is 0.455. The normalized spacial score (nSPS) is 18.2. The molecule has 16 heavy (non-hydrogen) atoms. The van der Waals surface area contributed by atoms with Gasteiger partial charge in [0.25, 0.3) is 0 Å². The highest BCUT2D eigenvalue weighted by atomic mass is 19.2. The molecule has 2 nitrogen and oxygen atoms in total. The maximum absolute atomic E-state index is 13.0. The van der Waals surface area contributed by atoms with E-state index < -0.39 is 23.1 Å². The molecule has 2 rings (SSSR count). The van der Waals surface area contributed by atoms with E-state index in [2.05, 4.69) is 5.32 Å². The molecule has 1 heterocycles. The summed E-state index contributed by atoms with van der Waals surface area (Å²) < 4.78 is 44.0. The Labute approximate surface area is 91.4 Å². The van der Waals surface area contributed by atoms with Crippen LogP contribution in [-0.2, 0) is 11.2 Å². The number of hydrogen-bond acceptors (Lipinski definition) is 2. The number of rotatable bonds is 3. The highest BCUT2D eigenvalue weighted by Gasteiger charge is 2.37. The zero-order valence-corrected chi connectivity index (χ0v) is 8.82. The van der Waals surface area contributed by atoms with Gasteiger partial charge in [-0.15, -0.1) is 0 Å². The Bertz CT molecular complexity index is 376. The predicted octanol–water partition coefficient (Wildman–Crippen LogP) is 1.63. The van der Waals surface area contributed by atoms with Crippen molar-refractivity contribution in [2.24, 2.45) is 0 Å². The minimum Gasteiger partial charge on any atom is -0.375 e. The van der Waals surface area contributed by atoms with Crippen LogP contribution in [0.5, 0.6) is 0 Å². The number of ether oxygens (including phenoxy) is 1. The van der Waals surface area contributed by atoms with Crippen molar-refractivity contribution in [3.8, 4) is 0 Å². The smallest absolute Gasteiger partial charge is 0.194 e. The summed E-state index contributed by atoms with van der Waals surface area (Å²) in [5.41, 5.74) is -0.0174. The van der Waals surface area contributed by atoms with Crippen LogP contribution < -0.4 is 5.32 Å². The molecule has 0 unspecified atom stereocenters. The summed E-state index contributed by atoms with van der Waals surface area (Å²) in [4.78, 5) is 0. The number of hydrogen-bond donors (Lipinski definition) is 1. The zero-order chi connectivity index (χ0) is 11.8. The van der Waals surface area contributed by atoms with E-state index in [4.69, 9.17) is 4.74 Å². The Morgan fingerprint density at radius 1 is 1.25 bits per heavy atom. The van der Waals surface area contributed by atoms with Crippen molar-refractivity contribution in [1.82, 2.24) is 5.32 Å². The summed E-state index contributed by atoms with van der Waals surface area (Å²) >= 11 is 0. The lowest BCUT2D eigenvalue weighted by molar-refractivity contribution is -0.0503. The van der Waals surface area contributed by atoms with E-state index in [-0.39, 0.29) is 0 Å². The molecule has 0 amide bonds. The lowest BCUT2D eigenvalue weighted by Crippen LogP contribution is -2.61. The average molecular weight is 231 g/mol. The average Bonchev–Trinajstić information content (AvgIpc) is 2.20. The highest BCUT2D eigenvalue weighted by molar-refractivity contribution is 5.22. The molecule has 5 heteroatoms. The molecule has 0 aromatic heterocycles. The summed E-state index contributed by atoms with van der Waals surface area (Å²) in [6.45, 7) is 1.26. The van der Waals surface area contributed by atoms with Crippen molar-refractivity contribution in [2.75, 3.05) is 20.2 Å². The second-order valence-electron chi connectivity index (χ2n) is 4.04. The van der Waals surface area contributed by atoms with Crippen molar-refractivity contribution in [3.63, 3.8) is 0 Å². The molecule has 0 saturated carbocycles. The van der Waals surface area contributed by atoms with Gasteiger partial charge in [-0.3, -0.25) is 0 Å². The molecule has 1 aliphatic heterocycles. The van der Waals surface area contributed by atoms with Gasteiger partial charge >= 0.3 is 0 Å². The Hall–Kier alpha value is -1.07. The molecule has 0 bridgehead atoms. The van der Waals surface area contributed by atoms with Crippen LogP contribution in [0.3, 0.4) is 0 Å². The maximum Gasteiger partial charge on any atom is 0.194 e. The summed E-state index contributed by atoms with van der Waals surface area (Å²) in [5.74, 6) is -3.75. The fourth-order valence-electron chi connectivity index (χ4n) is 1.83. The second-order valence-corrected chi connectivity index (χ2v) is 4.04. The van der Waals surface area contributed by atoms with Gasteiger partial charge in [-0.1, -0.05) is 0 Å². The van der Waals surface area contributed by atoms with Crippen molar-refractivity contribution in [3.05, 3.63) is 35.1 Å². The Morgan fingerprint density at radius 3 is 2.19 bits per heavy atom. The Kier molecular flexibility index (Phi) is 2.90. The topological polar surface area (TPSA) is 21.3 Å². The number of halogens is 3. The molecule has 0 atom stereocenters. The molecule has 0 radical (unpaired) electrons. The highest BCUT2D eigenvalue weighted by Crippen LogP contribution is 2.23. The van der Waals surface area contributed by atoms with Gasteiger partial charge in [0.05, 0.1) is 5.60 Å². The van der Waals surface area contributed by atoms with Crippen LogP contribution in [0.25, 0.3) is 0 Å². The molecule has 0 aliphatic carbocycles. The van der Waals surface area contributed by atoms with Crippen molar-refractivity contribution in [1.29, 1.82) is 0 Å². The first-order chi connectivity index (χ1) is 7.56. The Morgan fingerprint density at radius 2 is 1.81 bits per heavy atom. The molecule has 88 valence electrons. The first kappa shape index (κ1) is 11.4. The first-order valence-electron chi connectivity index (χ1n) is 4.96. The van der Waals surface area contributed by atoms with E-state index in [1.54, 1.807) is 7.11 Å². The van der Waals surface area contributed by atoms with Crippen LogP contribution in [0.1, 0.15) is 5.56 Å². The molecule has 1 aromatic rings. The van der Waals surface area contributed by atoms with Gasteiger partial charge < -0.3 is 10.1 Å². The lowest BCUT2D eigenvalue weighted by Gasteiger charge is -2.41. The van der Waals surface area contributed by atoms with Gasteiger partial charge in [0, 0.05) is 26.6 Å². The summed E-state index contributed by atoms with van der Waals surface area (Å²) in [6.07, 6.45) is 0.366. The van der Waals surface area contributed by atoms with Gasteiger partial charge in [-0.25, -0.2) is 13.2 Å². The number of nitrogens with one attached hydrogen (secondary N) is 1. The third-order valence-electron chi connectivity index (χ3n) is 2.90. The van der Waals surface area contributed by atoms with Gasteiger partial charge in [0.2, 0.25) is 0 Å². The van der Waals surface area contributed by atoms with Crippen molar-refractivity contribution in [2.45, 2.75) is 12.0 Å². The van der Waals surface area contributed by atoms with Crippen LogP contribution in [0.4, 0.5) is 13.2 Å². The minimum absolute atomic E-state index is 0.366. The van der Waals surface area contributed by atoms with Crippen molar-refractivity contribution >= 4 is 0 Å². The molecular formula is C11H12F3NO. The Balaban J connectivity index is 2.22. The van der Waals surface area contributed by atoms with Gasteiger partial charge in [-0.05, 0) is 17.7 Å². The van der Waals surface area contributed by atoms with E-state index in [0.717, 1.165) is 12.1 Å². The summed E-state index contributed by atoms with van der Waals surface area (Å²) in [6, 6.07) is 2.02. The molecule has 0 spiro atoms. The van der Waals surface area contributed by atoms with E-state index in [1.807, 2.05) is 0 Å². The van der Waals surface area contributed by atoms with E-state index in [1.165, 1.54) is 0 Å². The minimum atomic E-state index is -1.43. The van der Waals surface area contributed by atoms with Gasteiger partial charge in [0.15, 0.2) is 17.5 Å². The van der Waals surface area contributed by atoms with Crippen molar-refractivity contribution < 1.29 is 17.9 Å². The standard InChI is InChI=1S/C11H12F3NO/c1-16-11(5-15-6-11)4-7-2-8(12)10(14)9(13)3-7/h2-3,15H,4-6H2,1H3. The molecule has 1 saturated heterocycles.